The summed E-state index contributed by atoms with van der Waals surface area (Å²) < 4.78 is 31.4. The average molecular weight is 340 g/mol. The Bertz CT molecular complexity index is 755. The van der Waals surface area contributed by atoms with E-state index in [9.17, 15) is 13.2 Å². The first-order valence-electron chi connectivity index (χ1n) is 6.35. The molecule has 5 nitrogen and oxygen atoms in total. The second-order valence-electron chi connectivity index (χ2n) is 4.47. The van der Waals surface area contributed by atoms with Gasteiger partial charge in [-0.3, -0.25) is 0 Å². The normalized spacial score (nSPS) is 11.2. The number of sulfonamides is 1. The summed E-state index contributed by atoms with van der Waals surface area (Å²) in [6, 6.07) is 12.4. The lowest BCUT2D eigenvalue weighted by atomic mass is 10.2. The fourth-order valence-corrected chi connectivity index (χ4v) is 2.90. The molecule has 0 saturated heterocycles. The van der Waals surface area contributed by atoms with Crippen LogP contribution < -0.4 is 4.72 Å². The van der Waals surface area contributed by atoms with Gasteiger partial charge in [0.25, 0.3) is 0 Å². The molecule has 0 aromatic heterocycles. The minimum Gasteiger partial charge on any atom is -0.465 e. The zero-order valence-corrected chi connectivity index (χ0v) is 13.3. The number of ether oxygens (including phenoxy) is 1. The van der Waals surface area contributed by atoms with Crippen molar-refractivity contribution in [2.45, 2.75) is 11.4 Å². The van der Waals surface area contributed by atoms with Gasteiger partial charge < -0.3 is 4.74 Å². The van der Waals surface area contributed by atoms with E-state index in [0.29, 0.717) is 10.6 Å². The maximum Gasteiger partial charge on any atom is 0.337 e. The third-order valence-corrected chi connectivity index (χ3v) is 4.63. The van der Waals surface area contributed by atoms with Crippen LogP contribution in [0, 0.1) is 0 Å². The highest BCUT2D eigenvalue weighted by Crippen LogP contribution is 2.13. The number of methoxy groups -OCH3 is 1. The number of esters is 1. The van der Waals surface area contributed by atoms with E-state index in [1.54, 1.807) is 24.3 Å². The van der Waals surface area contributed by atoms with Crippen LogP contribution in [0.3, 0.4) is 0 Å². The highest BCUT2D eigenvalue weighted by Gasteiger charge is 2.14. The number of benzene rings is 2. The van der Waals surface area contributed by atoms with Crippen LogP contribution in [-0.4, -0.2) is 21.5 Å². The van der Waals surface area contributed by atoms with Crippen molar-refractivity contribution in [2.24, 2.45) is 0 Å². The van der Waals surface area contributed by atoms with Gasteiger partial charge in [0.1, 0.15) is 0 Å². The molecule has 7 heteroatoms. The van der Waals surface area contributed by atoms with Gasteiger partial charge in [-0.1, -0.05) is 23.7 Å². The Morgan fingerprint density at radius 3 is 2.23 bits per heavy atom. The molecule has 22 heavy (non-hydrogen) atoms. The maximum absolute atomic E-state index is 12.2. The van der Waals surface area contributed by atoms with Gasteiger partial charge in [0, 0.05) is 11.6 Å². The Kier molecular flexibility index (Phi) is 5.18. The number of rotatable bonds is 5. The second kappa shape index (κ2) is 6.91. The minimum atomic E-state index is -3.65. The quantitative estimate of drug-likeness (QED) is 0.850. The molecule has 0 spiro atoms. The largest absolute Gasteiger partial charge is 0.465 e. The van der Waals surface area contributed by atoms with Gasteiger partial charge in [0.15, 0.2) is 0 Å². The van der Waals surface area contributed by atoms with Gasteiger partial charge in [-0.05, 0) is 42.0 Å². The van der Waals surface area contributed by atoms with E-state index in [0.717, 1.165) is 5.56 Å². The Morgan fingerprint density at radius 2 is 1.68 bits per heavy atom. The predicted octanol–water partition coefficient (Wildman–Crippen LogP) is 2.61. The van der Waals surface area contributed by atoms with Gasteiger partial charge in [-0.15, -0.1) is 0 Å². The molecule has 0 amide bonds. The summed E-state index contributed by atoms with van der Waals surface area (Å²) in [6.45, 7) is 0.151. The second-order valence-corrected chi connectivity index (χ2v) is 6.67. The average Bonchev–Trinajstić information content (AvgIpc) is 2.54. The van der Waals surface area contributed by atoms with Crippen LogP contribution >= 0.6 is 11.6 Å². The van der Waals surface area contributed by atoms with Crippen LogP contribution in [-0.2, 0) is 21.3 Å². The Labute approximate surface area is 133 Å². The molecular weight excluding hydrogens is 326 g/mol. The summed E-state index contributed by atoms with van der Waals surface area (Å²) in [7, 11) is -2.39. The lowest BCUT2D eigenvalue weighted by molar-refractivity contribution is 0.0600. The van der Waals surface area contributed by atoms with Gasteiger partial charge in [-0.2, -0.15) is 0 Å². The molecule has 116 valence electrons. The molecule has 0 aliphatic carbocycles. The van der Waals surface area contributed by atoms with Crippen molar-refractivity contribution in [2.75, 3.05) is 7.11 Å². The van der Waals surface area contributed by atoms with Crippen molar-refractivity contribution >= 4 is 27.6 Å². The van der Waals surface area contributed by atoms with Gasteiger partial charge in [0.2, 0.25) is 10.0 Å². The molecule has 2 aromatic rings. The number of hydrogen-bond acceptors (Lipinski definition) is 4. The molecule has 0 fully saturated rings. The van der Waals surface area contributed by atoms with Crippen LogP contribution in [0.25, 0.3) is 0 Å². The fraction of sp³-hybridized carbons (Fsp3) is 0.133. The fourth-order valence-electron chi connectivity index (χ4n) is 1.75. The molecule has 1 N–H and O–H groups in total. The molecule has 2 aromatic carbocycles. The maximum atomic E-state index is 12.2. The van der Waals surface area contributed by atoms with E-state index >= 15 is 0 Å². The first-order valence-corrected chi connectivity index (χ1v) is 8.21. The number of halogens is 1. The summed E-state index contributed by atoms with van der Waals surface area (Å²) >= 11 is 5.77. The van der Waals surface area contributed by atoms with Crippen molar-refractivity contribution in [3.8, 4) is 0 Å². The van der Waals surface area contributed by atoms with Gasteiger partial charge >= 0.3 is 5.97 Å². The van der Waals surface area contributed by atoms with Crippen LogP contribution in [0.5, 0.6) is 0 Å². The third kappa shape index (κ3) is 4.07. The summed E-state index contributed by atoms with van der Waals surface area (Å²) in [4.78, 5) is 11.4. The number of carbonyl (C=O) groups excluding carboxylic acids is 1. The van der Waals surface area contributed by atoms with Crippen LogP contribution in [0.4, 0.5) is 0 Å². The molecule has 0 heterocycles. The van der Waals surface area contributed by atoms with Gasteiger partial charge in [0.05, 0.1) is 17.6 Å². The highest BCUT2D eigenvalue weighted by atomic mass is 35.5. The minimum absolute atomic E-state index is 0.0779. The van der Waals surface area contributed by atoms with Crippen molar-refractivity contribution in [1.29, 1.82) is 0 Å². The van der Waals surface area contributed by atoms with Crippen LogP contribution in [0.2, 0.25) is 5.02 Å². The van der Waals surface area contributed by atoms with Crippen molar-refractivity contribution in [3.05, 3.63) is 64.7 Å². The van der Waals surface area contributed by atoms with E-state index in [2.05, 4.69) is 9.46 Å². The predicted molar refractivity (Wildman–Crippen MR) is 83.3 cm³/mol. The zero-order chi connectivity index (χ0) is 16.2. The number of carbonyl (C=O) groups is 1. The molecule has 2 rings (SSSR count). The topological polar surface area (TPSA) is 72.5 Å². The Morgan fingerprint density at radius 1 is 1.09 bits per heavy atom. The summed E-state index contributed by atoms with van der Waals surface area (Å²) in [6.07, 6.45) is 0. The first-order chi connectivity index (χ1) is 10.4. The number of nitrogens with one attached hydrogen (secondary N) is 1. The molecule has 0 aliphatic heterocycles. The Hall–Kier alpha value is -1.89. The molecule has 0 radical (unpaired) electrons. The molecule has 0 bridgehead atoms. The smallest absolute Gasteiger partial charge is 0.337 e. The van der Waals surface area contributed by atoms with Crippen LogP contribution in [0.1, 0.15) is 15.9 Å². The van der Waals surface area contributed by atoms with E-state index in [1.165, 1.54) is 31.4 Å². The third-order valence-electron chi connectivity index (χ3n) is 2.97. The van der Waals surface area contributed by atoms with E-state index < -0.39 is 16.0 Å². The summed E-state index contributed by atoms with van der Waals surface area (Å²) in [5.74, 6) is -0.516. The SMILES string of the molecule is COC(=O)c1ccc(S(=O)(=O)NCc2ccc(Cl)cc2)cc1. The molecule has 0 atom stereocenters. The van der Waals surface area contributed by atoms with Crippen molar-refractivity contribution < 1.29 is 17.9 Å². The lowest BCUT2D eigenvalue weighted by Gasteiger charge is -2.07. The van der Waals surface area contributed by atoms with E-state index in [1.807, 2.05) is 0 Å². The summed E-state index contributed by atoms with van der Waals surface area (Å²) in [5, 5.41) is 0.588. The van der Waals surface area contributed by atoms with E-state index in [-0.39, 0.29) is 11.4 Å². The molecule has 0 aliphatic rings. The van der Waals surface area contributed by atoms with Crippen molar-refractivity contribution in [1.82, 2.24) is 4.72 Å². The standard InChI is InChI=1S/C15H14ClNO4S/c1-21-15(18)12-4-8-14(9-5-12)22(19,20)17-10-11-2-6-13(16)7-3-11/h2-9,17H,10H2,1H3. The zero-order valence-electron chi connectivity index (χ0n) is 11.7. The first kappa shape index (κ1) is 16.5. The molecular formula is C15H14ClNO4S. The van der Waals surface area contributed by atoms with Crippen molar-refractivity contribution in [3.63, 3.8) is 0 Å². The molecule has 0 saturated carbocycles. The summed E-state index contributed by atoms with van der Waals surface area (Å²) in [5.41, 5.74) is 1.08. The monoisotopic (exact) mass is 339 g/mol. The van der Waals surface area contributed by atoms with Crippen LogP contribution in [0.15, 0.2) is 53.4 Å². The number of hydrogen-bond donors (Lipinski definition) is 1. The molecule has 0 unspecified atom stereocenters. The lowest BCUT2D eigenvalue weighted by Crippen LogP contribution is -2.23. The van der Waals surface area contributed by atoms with Gasteiger partial charge in [-0.25, -0.2) is 17.9 Å². The Balaban J connectivity index is 2.09. The van der Waals surface area contributed by atoms with E-state index in [4.69, 9.17) is 11.6 Å². The highest BCUT2D eigenvalue weighted by molar-refractivity contribution is 7.89.